The van der Waals surface area contributed by atoms with Gasteiger partial charge in [0, 0.05) is 19.3 Å². The van der Waals surface area contributed by atoms with E-state index in [1.165, 1.54) is 19.3 Å². The maximum absolute atomic E-state index is 12.7. The number of esters is 3. The zero-order valence-corrected chi connectivity index (χ0v) is 45.6. The Hall–Kier alpha value is -5.23. The summed E-state index contributed by atoms with van der Waals surface area (Å²) in [7, 11) is 0. The molecule has 1 atom stereocenters. The monoisotopic (exact) mass is 989 g/mol. The summed E-state index contributed by atoms with van der Waals surface area (Å²) in [5.74, 6) is -1.06. The average molecular weight is 990 g/mol. The highest BCUT2D eigenvalue weighted by Gasteiger charge is 2.19. The maximum atomic E-state index is 12.7. The summed E-state index contributed by atoms with van der Waals surface area (Å²) in [5.41, 5.74) is 0. The van der Waals surface area contributed by atoms with Crippen molar-refractivity contribution in [3.8, 4) is 0 Å². The molecule has 0 radical (unpaired) electrons. The Morgan fingerprint density at radius 3 is 0.903 bits per heavy atom. The fraction of sp³-hybridized carbons (Fsp3) is 0.530. The lowest BCUT2D eigenvalue weighted by molar-refractivity contribution is -0.166. The van der Waals surface area contributed by atoms with E-state index >= 15 is 0 Å². The number of carbonyl (C=O) groups excluding carboxylic acids is 3. The van der Waals surface area contributed by atoms with E-state index in [0.29, 0.717) is 19.3 Å². The average Bonchev–Trinajstić information content (AvgIpc) is 3.38. The first-order valence-corrected chi connectivity index (χ1v) is 28.1. The molecule has 0 saturated heterocycles. The molecule has 0 rings (SSSR count). The predicted octanol–water partition coefficient (Wildman–Crippen LogP) is 19.1. The van der Waals surface area contributed by atoms with Crippen LogP contribution in [0.5, 0.6) is 0 Å². The predicted molar refractivity (Wildman–Crippen MR) is 311 cm³/mol. The summed E-state index contributed by atoms with van der Waals surface area (Å²) in [6, 6.07) is 0. The van der Waals surface area contributed by atoms with Gasteiger partial charge in [-0.3, -0.25) is 14.4 Å². The van der Waals surface area contributed by atoms with Crippen molar-refractivity contribution in [2.75, 3.05) is 13.2 Å². The van der Waals surface area contributed by atoms with Gasteiger partial charge in [0.05, 0.1) is 0 Å². The molecule has 0 heterocycles. The SMILES string of the molecule is CC/C=C\C/C=C\C/C=C\C/C=C\C/C=C\C/C=C\C/C=C\C/C=C\CCCCCCC(=O)OCC(COC(=O)CCCCCCCC)OC(=O)CC/C=C\C/C=C\C/C=C\C/C=C\C/C=C\C/C=C\CC. The molecule has 0 spiro atoms. The normalized spacial score (nSPS) is 13.4. The third kappa shape index (κ3) is 55.7. The number of hydrogen-bond acceptors (Lipinski definition) is 6. The van der Waals surface area contributed by atoms with Crippen molar-refractivity contribution in [2.45, 2.75) is 213 Å². The molecule has 0 aliphatic carbocycles. The van der Waals surface area contributed by atoms with Crippen LogP contribution < -0.4 is 0 Å². The van der Waals surface area contributed by atoms with Crippen LogP contribution in [0, 0.1) is 0 Å². The van der Waals surface area contributed by atoms with Crippen LogP contribution in [0.2, 0.25) is 0 Å². The standard InChI is InChI=1S/C66H100O6/c1-4-7-10-13-16-18-20-22-24-26-28-29-30-31-32-33-34-35-36-37-39-40-42-44-46-48-50-53-56-59-65(68)71-62-63(61-70-64(67)58-55-52-15-12-9-6-3)72-66(69)60-57-54-51-49-47-45-43-41-38-27-25-23-21-19-17-14-11-8-5-2/h7-8,10-11,16-19,22-25,28-29,31-32,34-35,37-39,41-42,44-45,47,51,54,63H,4-6,9,12-15,20-21,26-27,30,33,36,40,43,46,48-50,52-53,55-62H2,1-3H3/b10-7-,11-8-,18-16-,19-17-,24-22-,25-23-,29-28-,32-31-,35-34-,39-37-,41-38-,44-42-,47-45-,54-51-. The van der Waals surface area contributed by atoms with Crippen molar-refractivity contribution in [2.24, 2.45) is 0 Å². The minimum atomic E-state index is -0.835. The van der Waals surface area contributed by atoms with Crippen LogP contribution in [-0.2, 0) is 28.6 Å². The molecular formula is C66H100O6. The van der Waals surface area contributed by atoms with Gasteiger partial charge in [0.25, 0.3) is 0 Å². The van der Waals surface area contributed by atoms with Crippen molar-refractivity contribution in [3.05, 3.63) is 170 Å². The molecule has 400 valence electrons. The maximum Gasteiger partial charge on any atom is 0.306 e. The number of allylic oxidation sites excluding steroid dienone is 28. The minimum Gasteiger partial charge on any atom is -0.462 e. The van der Waals surface area contributed by atoms with Gasteiger partial charge in [0.2, 0.25) is 0 Å². The first-order chi connectivity index (χ1) is 35.5. The molecule has 6 heteroatoms. The fourth-order valence-corrected chi connectivity index (χ4v) is 6.83. The van der Waals surface area contributed by atoms with Crippen molar-refractivity contribution in [1.29, 1.82) is 0 Å². The Labute approximate surface area is 441 Å². The molecule has 0 aliphatic heterocycles. The molecule has 0 amide bonds. The van der Waals surface area contributed by atoms with Crippen LogP contribution in [0.3, 0.4) is 0 Å². The molecule has 6 nitrogen and oxygen atoms in total. The molecular weight excluding hydrogens is 889 g/mol. The first-order valence-electron chi connectivity index (χ1n) is 28.1. The third-order valence-electron chi connectivity index (χ3n) is 11.0. The van der Waals surface area contributed by atoms with Crippen molar-refractivity contribution >= 4 is 17.9 Å². The van der Waals surface area contributed by atoms with Crippen LogP contribution >= 0.6 is 0 Å². The number of ether oxygens (including phenoxy) is 3. The second-order valence-electron chi connectivity index (χ2n) is 17.7. The Morgan fingerprint density at radius 2 is 0.569 bits per heavy atom. The number of carbonyl (C=O) groups is 3. The zero-order valence-electron chi connectivity index (χ0n) is 45.6. The molecule has 0 aliphatic rings. The smallest absolute Gasteiger partial charge is 0.306 e. The molecule has 0 bridgehead atoms. The molecule has 1 unspecified atom stereocenters. The van der Waals surface area contributed by atoms with E-state index in [0.717, 1.165) is 141 Å². The van der Waals surface area contributed by atoms with Crippen molar-refractivity contribution in [3.63, 3.8) is 0 Å². The Balaban J connectivity index is 4.35. The molecule has 0 aromatic heterocycles. The number of rotatable bonds is 48. The van der Waals surface area contributed by atoms with Crippen LogP contribution in [0.15, 0.2) is 170 Å². The van der Waals surface area contributed by atoms with Crippen molar-refractivity contribution in [1.82, 2.24) is 0 Å². The van der Waals surface area contributed by atoms with Gasteiger partial charge in [0.15, 0.2) is 6.10 Å². The summed E-state index contributed by atoms with van der Waals surface area (Å²) in [4.78, 5) is 37.8. The van der Waals surface area contributed by atoms with Gasteiger partial charge in [-0.05, 0) is 122 Å². The second kappa shape index (κ2) is 58.3. The highest BCUT2D eigenvalue weighted by Crippen LogP contribution is 2.11. The van der Waals surface area contributed by atoms with Crippen LogP contribution in [0.4, 0.5) is 0 Å². The Kier molecular flexibility index (Phi) is 54.1. The third-order valence-corrected chi connectivity index (χ3v) is 11.0. The van der Waals surface area contributed by atoms with Gasteiger partial charge in [-0.25, -0.2) is 0 Å². The van der Waals surface area contributed by atoms with Gasteiger partial charge in [0.1, 0.15) is 13.2 Å². The number of hydrogen-bond donors (Lipinski definition) is 0. The largest absolute Gasteiger partial charge is 0.462 e. The van der Waals surface area contributed by atoms with Crippen LogP contribution in [-0.4, -0.2) is 37.2 Å². The Bertz CT molecular complexity index is 1700. The quantitative estimate of drug-likeness (QED) is 0.0262. The van der Waals surface area contributed by atoms with Gasteiger partial charge >= 0.3 is 17.9 Å². The van der Waals surface area contributed by atoms with Gasteiger partial charge in [-0.1, -0.05) is 236 Å². The summed E-state index contributed by atoms with van der Waals surface area (Å²) >= 11 is 0. The zero-order chi connectivity index (χ0) is 52.2. The van der Waals surface area contributed by atoms with Gasteiger partial charge in [-0.2, -0.15) is 0 Å². The second-order valence-corrected chi connectivity index (χ2v) is 17.7. The van der Waals surface area contributed by atoms with E-state index in [1.54, 1.807) is 0 Å². The Morgan fingerprint density at radius 1 is 0.292 bits per heavy atom. The van der Waals surface area contributed by atoms with E-state index in [9.17, 15) is 14.4 Å². The minimum absolute atomic E-state index is 0.125. The summed E-state index contributed by atoms with van der Waals surface area (Å²) in [6.45, 7) is 6.23. The van der Waals surface area contributed by atoms with Crippen molar-refractivity contribution < 1.29 is 28.6 Å². The summed E-state index contributed by atoms with van der Waals surface area (Å²) in [5, 5.41) is 0. The molecule has 0 aromatic carbocycles. The molecule has 0 N–H and O–H groups in total. The highest BCUT2D eigenvalue weighted by atomic mass is 16.6. The topological polar surface area (TPSA) is 78.9 Å². The lowest BCUT2D eigenvalue weighted by atomic mass is 10.1. The van der Waals surface area contributed by atoms with Gasteiger partial charge in [-0.15, -0.1) is 0 Å². The molecule has 72 heavy (non-hydrogen) atoms. The van der Waals surface area contributed by atoms with E-state index < -0.39 is 12.1 Å². The van der Waals surface area contributed by atoms with Gasteiger partial charge < -0.3 is 14.2 Å². The highest BCUT2D eigenvalue weighted by molar-refractivity contribution is 5.71. The summed E-state index contributed by atoms with van der Waals surface area (Å²) < 4.78 is 16.6. The lowest BCUT2D eigenvalue weighted by Gasteiger charge is -2.18. The van der Waals surface area contributed by atoms with Crippen LogP contribution in [0.25, 0.3) is 0 Å². The first kappa shape index (κ1) is 66.8. The van der Waals surface area contributed by atoms with E-state index in [4.69, 9.17) is 14.2 Å². The number of unbranched alkanes of at least 4 members (excludes halogenated alkanes) is 9. The molecule has 0 saturated carbocycles. The lowest BCUT2D eigenvalue weighted by Crippen LogP contribution is -2.30. The molecule has 0 fully saturated rings. The fourth-order valence-electron chi connectivity index (χ4n) is 6.83. The summed E-state index contributed by atoms with van der Waals surface area (Å²) in [6.07, 6.45) is 86.7. The van der Waals surface area contributed by atoms with E-state index in [2.05, 4.69) is 179 Å². The van der Waals surface area contributed by atoms with E-state index in [-0.39, 0.29) is 31.6 Å². The van der Waals surface area contributed by atoms with Crippen LogP contribution in [0.1, 0.15) is 207 Å². The van der Waals surface area contributed by atoms with E-state index in [1.807, 2.05) is 12.2 Å². The molecule has 0 aromatic rings.